The van der Waals surface area contributed by atoms with Crippen molar-refractivity contribution in [2.45, 2.75) is 347 Å². The summed E-state index contributed by atoms with van der Waals surface area (Å²) in [7, 11) is 2.21. The molecule has 708 valence electrons. The highest BCUT2D eigenvalue weighted by molar-refractivity contribution is 5.73. The van der Waals surface area contributed by atoms with Crippen LogP contribution in [0.4, 0.5) is 4.39 Å². The summed E-state index contributed by atoms with van der Waals surface area (Å²) in [5.74, 6) is 21.1. The van der Waals surface area contributed by atoms with Gasteiger partial charge in [0.15, 0.2) is 0 Å². The number of piperidine rings is 4. The Morgan fingerprint density at radius 1 is 0.395 bits per heavy atom. The third-order valence-electron chi connectivity index (χ3n) is 30.9. The van der Waals surface area contributed by atoms with Crippen LogP contribution in [0.3, 0.4) is 0 Å². The number of carbonyl (C=O) groups excluding carboxylic acids is 2. The SMILES string of the molecule is CC(=O)N1CCC(C(C)C)C1.CC(=O)N1CCC(C(C)C)CC1.CC(C)C1(C)CCOCC1.CC(C)C1CCCCC1O.CC(C)C1CCN(C)C1.CC(C)C1CCN(CC2CC2)CC1.CC(C)C1CCNC1.CC(C)C1CCNCC1.CC(C)C1CCNCC1F.CC(C)C1CCOC1.CC(C)C1CCOCC1.CCC1CNCC1C(C)C. The van der Waals surface area contributed by atoms with E-state index >= 15 is 0 Å². The number of nitrogens with zero attached hydrogens (tertiary/aromatic N) is 4. The Hall–Kier alpha value is -1.53. The number of halogens is 1. The van der Waals surface area contributed by atoms with Crippen molar-refractivity contribution in [2.24, 2.45) is 153 Å². The Morgan fingerprint density at radius 3 is 1.13 bits per heavy atom. The first-order valence-corrected chi connectivity index (χ1v) is 51.0. The molecule has 119 heavy (non-hydrogen) atoms. The predicted molar refractivity (Wildman–Crippen MR) is 512 cm³/mol. The molecule has 0 bridgehead atoms. The van der Waals surface area contributed by atoms with Crippen LogP contribution in [0, 0.1) is 153 Å². The highest BCUT2D eigenvalue weighted by Crippen LogP contribution is 2.38. The molecule has 13 fully saturated rings. The Bertz CT molecular complexity index is 2310. The van der Waals surface area contributed by atoms with Crippen molar-refractivity contribution >= 4 is 11.8 Å². The van der Waals surface area contributed by atoms with Gasteiger partial charge in [-0.05, 0) is 348 Å². The van der Waals surface area contributed by atoms with Gasteiger partial charge in [-0.3, -0.25) is 9.59 Å². The molecule has 11 heterocycles. The highest BCUT2D eigenvalue weighted by atomic mass is 19.1. The van der Waals surface area contributed by atoms with Gasteiger partial charge in [0.25, 0.3) is 0 Å². The van der Waals surface area contributed by atoms with E-state index in [1.54, 1.807) is 13.8 Å². The van der Waals surface area contributed by atoms with Gasteiger partial charge in [0, 0.05) is 99.3 Å². The van der Waals surface area contributed by atoms with Gasteiger partial charge < -0.3 is 60.2 Å². The largest absolute Gasteiger partial charge is 0.393 e. The maximum absolute atomic E-state index is 13.0. The van der Waals surface area contributed by atoms with Crippen molar-refractivity contribution in [3.05, 3.63) is 0 Å². The minimum absolute atomic E-state index is 0.00579. The van der Waals surface area contributed by atoms with E-state index in [-0.39, 0.29) is 17.9 Å². The van der Waals surface area contributed by atoms with E-state index in [0.29, 0.717) is 35.6 Å². The zero-order chi connectivity index (χ0) is 89.3. The lowest BCUT2D eigenvalue weighted by molar-refractivity contribution is -0.130. The number of likely N-dealkylation sites (tertiary alicyclic amines) is 4. The Labute approximate surface area is 740 Å². The first kappa shape index (κ1) is 114. The highest BCUT2D eigenvalue weighted by Gasteiger charge is 2.34. The van der Waals surface area contributed by atoms with Gasteiger partial charge in [0.1, 0.15) is 6.17 Å². The fourth-order valence-electron chi connectivity index (χ4n) is 19.6. The molecule has 0 spiro atoms. The zero-order valence-corrected chi connectivity index (χ0v) is 84.6. The van der Waals surface area contributed by atoms with Crippen LogP contribution in [0.5, 0.6) is 0 Å². The number of aliphatic hydroxyl groups is 1. The van der Waals surface area contributed by atoms with E-state index in [4.69, 9.17) is 14.2 Å². The molecule has 10 unspecified atom stereocenters. The molecule has 2 amide bonds. The number of hydrogen-bond acceptors (Lipinski definition) is 12. The van der Waals surface area contributed by atoms with Crippen molar-refractivity contribution < 1.29 is 33.3 Å². The number of alkyl halides is 1. The summed E-state index contributed by atoms with van der Waals surface area (Å²) in [5, 5.41) is 22.8. The summed E-state index contributed by atoms with van der Waals surface area (Å²) >= 11 is 0. The standard InChI is InChI=1S/C12H23N.C10H19NO.C9H17NO.C9H19N.2C9H18O.C8H16FN.2C8H17N.C8H16O.C7H15N.C7H14O/c1-10(2)12-5-7-13(8-6-12)9-11-3-4-11;1-8(2)10-4-6-11(7-5-10)9(3)12;1-7(2)9-4-5-10(6-9)8(3)11;1-4-8-5-10-6-9(8)7(2)3;1-8(2)9(3)4-6-10-7-5-9;1-7(2)8-5-3-4-6-9(8)10;1-6(2)7-3-4-10-5-8(7)9;1-7(2)8-4-5-9(3)6-8;2*1-7(2)8-3-5-9-6-4-8;2*1-6(2)7-3-4-8-5-7/h10-12H,3-9H2,1-2H3;8,10H,4-7H2,1-3H3;7,9H,4-6H2,1-3H3;7-10H,4-6H2,1-3H3;8H,4-7H2,1-3H3;7-10H,3-6H2,1-2H3;6-8,10H,3-5H2,1-2H3;7-8H,4-6H2,1-3H3;7-9H,3-6H2,1-2H3;7-8H,3-6H2,1-2H3;6-8H,3-5H2,1-2H3;6-7H,3-5H2,1-2H3. The molecule has 5 N–H and O–H groups in total. The van der Waals surface area contributed by atoms with E-state index in [1.165, 1.54) is 200 Å². The first-order chi connectivity index (χ1) is 56.2. The topological polar surface area (TPSA) is 143 Å². The molecule has 2 aliphatic carbocycles. The van der Waals surface area contributed by atoms with Gasteiger partial charge in [-0.1, -0.05) is 199 Å². The summed E-state index contributed by atoms with van der Waals surface area (Å²) in [4.78, 5) is 31.0. The third-order valence-corrected chi connectivity index (χ3v) is 30.9. The normalized spacial score (nSPS) is 27.8. The second kappa shape index (κ2) is 64.2. The monoisotopic (exact) mass is 1690 g/mol. The molecule has 13 rings (SSSR count). The van der Waals surface area contributed by atoms with E-state index in [9.17, 15) is 19.1 Å². The number of carbonyl (C=O) groups is 2. The average molecular weight is 1690 g/mol. The molecule has 0 radical (unpaired) electrons. The lowest BCUT2D eigenvalue weighted by Crippen LogP contribution is -2.40. The van der Waals surface area contributed by atoms with Gasteiger partial charge in [-0.2, -0.15) is 0 Å². The van der Waals surface area contributed by atoms with E-state index < -0.39 is 6.17 Å². The summed E-state index contributed by atoms with van der Waals surface area (Å²) in [5.41, 5.74) is 0.554. The average Bonchev–Trinajstić information content (AvgIpc) is 1.25. The number of ether oxygens (including phenoxy) is 3. The van der Waals surface area contributed by atoms with Crippen LogP contribution >= 0.6 is 0 Å². The summed E-state index contributed by atoms with van der Waals surface area (Å²) in [6.07, 6.45) is 27.9. The molecule has 10 atom stereocenters. The van der Waals surface area contributed by atoms with Gasteiger partial charge >= 0.3 is 0 Å². The summed E-state index contributed by atoms with van der Waals surface area (Å²) < 4.78 is 28.8. The zero-order valence-electron chi connectivity index (χ0n) is 84.6. The number of rotatable bonds is 15. The van der Waals surface area contributed by atoms with Crippen LogP contribution in [0.1, 0.15) is 335 Å². The van der Waals surface area contributed by atoms with Gasteiger partial charge in [0.05, 0.1) is 6.10 Å². The number of aliphatic hydroxyl groups excluding tert-OH is 1. The van der Waals surface area contributed by atoms with Crippen molar-refractivity contribution in [1.82, 2.24) is 40.9 Å². The van der Waals surface area contributed by atoms with Crippen molar-refractivity contribution in [3.8, 4) is 0 Å². The molecule has 15 heteroatoms. The second-order valence-electron chi connectivity index (χ2n) is 43.9. The van der Waals surface area contributed by atoms with Gasteiger partial charge in [0.2, 0.25) is 11.8 Å². The van der Waals surface area contributed by atoms with E-state index in [2.05, 4.69) is 218 Å². The third kappa shape index (κ3) is 49.6. The Kier molecular flexibility index (Phi) is 61.3. The Morgan fingerprint density at radius 2 is 0.807 bits per heavy atom. The molecule has 14 nitrogen and oxygen atoms in total. The van der Waals surface area contributed by atoms with E-state index in [0.717, 1.165) is 209 Å². The molecular weight excluding hydrogens is 1480 g/mol. The summed E-state index contributed by atoms with van der Waals surface area (Å²) in [6, 6.07) is 0. The maximum atomic E-state index is 13.0. The van der Waals surface area contributed by atoms with Crippen LogP contribution < -0.4 is 21.3 Å². The summed E-state index contributed by atoms with van der Waals surface area (Å²) in [6.45, 7) is 88.3. The van der Waals surface area contributed by atoms with Crippen LogP contribution in [0.2, 0.25) is 0 Å². The van der Waals surface area contributed by atoms with Crippen LogP contribution in [0.15, 0.2) is 0 Å². The molecule has 0 aromatic rings. The van der Waals surface area contributed by atoms with Crippen molar-refractivity contribution in [1.29, 1.82) is 0 Å². The number of hydrogen-bond donors (Lipinski definition) is 5. The maximum Gasteiger partial charge on any atom is 0.219 e. The molecule has 2 saturated carbocycles. The molecule has 11 saturated heterocycles. The quantitative estimate of drug-likeness (QED) is 0.107. The fourth-order valence-corrected chi connectivity index (χ4v) is 19.6. The number of nitrogens with one attached hydrogen (secondary N) is 4. The predicted octanol–water partition coefficient (Wildman–Crippen LogP) is 22.5. The van der Waals surface area contributed by atoms with Crippen LogP contribution in [0.25, 0.3) is 0 Å². The molecular formula is C104H209FN8O6. The first-order valence-electron chi connectivity index (χ1n) is 51.0. The Balaban J connectivity index is 0.000000441. The lowest BCUT2D eigenvalue weighted by atomic mass is 9.73. The number of amides is 2. The minimum Gasteiger partial charge on any atom is -0.393 e. The molecule has 0 aromatic heterocycles. The fraction of sp³-hybridized carbons (Fsp3) is 0.981. The molecule has 0 aromatic carbocycles. The second-order valence-corrected chi connectivity index (χ2v) is 43.9. The van der Waals surface area contributed by atoms with Gasteiger partial charge in [-0.25, -0.2) is 4.39 Å². The van der Waals surface area contributed by atoms with E-state index in [1.807, 2.05) is 9.80 Å². The van der Waals surface area contributed by atoms with Crippen molar-refractivity contribution in [3.63, 3.8) is 0 Å². The lowest BCUT2D eigenvalue weighted by Gasteiger charge is -2.37. The van der Waals surface area contributed by atoms with Crippen LogP contribution in [-0.4, -0.2) is 207 Å². The van der Waals surface area contributed by atoms with Crippen molar-refractivity contribution in [2.75, 3.05) is 158 Å². The molecule has 13 aliphatic rings. The molecule has 11 aliphatic heterocycles. The smallest absolute Gasteiger partial charge is 0.219 e. The van der Waals surface area contributed by atoms with Crippen LogP contribution in [-0.2, 0) is 23.8 Å². The minimum atomic E-state index is -0.617. The van der Waals surface area contributed by atoms with Gasteiger partial charge in [-0.15, -0.1) is 0 Å².